The molecular weight excluding hydrogens is 1350 g/mol. The molecule has 646 valence electrons. The summed E-state index contributed by atoms with van der Waals surface area (Å²) in [6, 6.07) is 61.6. The maximum absolute atomic E-state index is 11.9. The molecule has 7 saturated carbocycles. The molecule has 0 bridgehead atoms. The van der Waals surface area contributed by atoms with Crippen LogP contribution in [0.2, 0.25) is 0 Å². The summed E-state index contributed by atoms with van der Waals surface area (Å²) in [6.45, 7) is 62.0. The van der Waals surface area contributed by atoms with Crippen LogP contribution < -0.4 is 4.74 Å². The molecule has 6 aromatic carbocycles. The van der Waals surface area contributed by atoms with Crippen molar-refractivity contribution >= 4 is 5.97 Å². The van der Waals surface area contributed by atoms with E-state index in [0.29, 0.717) is 5.75 Å². The molecule has 0 aliphatic heterocycles. The first-order valence-electron chi connectivity index (χ1n) is 48.1. The monoisotopic (exact) mass is 1550 g/mol. The maximum Gasteiger partial charge on any atom is 0.314 e. The highest BCUT2D eigenvalue weighted by molar-refractivity contribution is 5.75. The van der Waals surface area contributed by atoms with E-state index in [9.17, 15) is 4.79 Å². The molecular formula is C110H194O2. The van der Waals surface area contributed by atoms with Gasteiger partial charge in [0.15, 0.2) is 0 Å². The average molecular weight is 1550 g/mol. The summed E-state index contributed by atoms with van der Waals surface area (Å²) in [5, 5.41) is 0. The molecule has 0 amide bonds. The Morgan fingerprint density at radius 1 is 0.241 bits per heavy atom. The van der Waals surface area contributed by atoms with Gasteiger partial charge in [-0.25, -0.2) is 0 Å². The van der Waals surface area contributed by atoms with Gasteiger partial charge in [0.05, 0.1) is 5.92 Å². The number of carbonyl (C=O) groups is 1. The van der Waals surface area contributed by atoms with Gasteiger partial charge in [0, 0.05) is 0 Å². The third-order valence-electron chi connectivity index (χ3n) is 22.2. The van der Waals surface area contributed by atoms with Crippen LogP contribution in [0.25, 0.3) is 11.1 Å². The molecule has 112 heavy (non-hydrogen) atoms. The number of hydrogen-bond donors (Lipinski definition) is 0. The van der Waals surface area contributed by atoms with Gasteiger partial charge in [0.2, 0.25) is 0 Å². The van der Waals surface area contributed by atoms with Gasteiger partial charge in [-0.05, 0) is 221 Å². The predicted molar refractivity (Wildman–Crippen MR) is 516 cm³/mol. The van der Waals surface area contributed by atoms with E-state index in [4.69, 9.17) is 4.74 Å². The van der Waals surface area contributed by atoms with Gasteiger partial charge in [-0.3, -0.25) is 4.79 Å². The Balaban J connectivity index is -0.000000288. The zero-order chi connectivity index (χ0) is 84.8. The van der Waals surface area contributed by atoms with Crippen molar-refractivity contribution in [2.24, 2.45) is 59.2 Å². The van der Waals surface area contributed by atoms with E-state index in [0.717, 1.165) is 96.7 Å². The van der Waals surface area contributed by atoms with Crippen molar-refractivity contribution in [1.29, 1.82) is 0 Å². The van der Waals surface area contributed by atoms with Crippen molar-refractivity contribution in [3.8, 4) is 16.9 Å². The first kappa shape index (κ1) is 118. The fourth-order valence-electron chi connectivity index (χ4n) is 16.0. The van der Waals surface area contributed by atoms with Crippen LogP contribution in [0.1, 0.15) is 434 Å². The number of hydrogen-bond acceptors (Lipinski definition) is 2. The van der Waals surface area contributed by atoms with Crippen LogP contribution in [0.4, 0.5) is 0 Å². The molecule has 0 unspecified atom stereocenters. The Kier molecular flexibility index (Phi) is 89.5. The molecule has 0 saturated heterocycles. The Morgan fingerprint density at radius 2 is 0.464 bits per heavy atom. The molecule has 0 heterocycles. The van der Waals surface area contributed by atoms with E-state index in [1.807, 2.05) is 215 Å². The van der Waals surface area contributed by atoms with Gasteiger partial charge in [-0.15, -0.1) is 0 Å². The largest absolute Gasteiger partial charge is 0.426 e. The van der Waals surface area contributed by atoms with Crippen LogP contribution in [0.3, 0.4) is 0 Å². The Morgan fingerprint density at radius 3 is 0.759 bits per heavy atom. The minimum atomic E-state index is -0.0573. The quantitative estimate of drug-likeness (QED) is 0.112. The third-order valence-corrected chi connectivity index (χ3v) is 22.2. The highest BCUT2D eigenvalue weighted by Crippen LogP contribution is 2.45. The number of aryl methyl sites for hydroxylation is 1. The third kappa shape index (κ3) is 53.8. The molecule has 13 rings (SSSR count). The normalized spacial score (nSPS) is 22.5. The lowest BCUT2D eigenvalue weighted by atomic mass is 9.68. The highest BCUT2D eigenvalue weighted by Gasteiger charge is 2.31. The summed E-state index contributed by atoms with van der Waals surface area (Å²) in [7, 11) is 0. The predicted octanol–water partition coefficient (Wildman–Crippen LogP) is 38.2. The number of carbonyl (C=O) groups excluding carboxylic acids is 1. The lowest BCUT2D eigenvalue weighted by Gasteiger charge is -2.37. The van der Waals surface area contributed by atoms with Crippen molar-refractivity contribution in [1.82, 2.24) is 0 Å². The van der Waals surface area contributed by atoms with Gasteiger partial charge >= 0.3 is 5.97 Å². The van der Waals surface area contributed by atoms with E-state index < -0.39 is 0 Å². The Labute approximate surface area is 704 Å². The first-order valence-corrected chi connectivity index (χ1v) is 48.1. The second-order valence-corrected chi connectivity index (χ2v) is 29.1. The molecule has 6 aromatic rings. The molecule has 0 N–H and O–H groups in total. The van der Waals surface area contributed by atoms with Crippen LogP contribution in [-0.2, 0) is 4.79 Å². The molecule has 2 heteroatoms. The van der Waals surface area contributed by atoms with Crippen molar-refractivity contribution in [2.45, 2.75) is 419 Å². The maximum atomic E-state index is 11.9. The summed E-state index contributed by atoms with van der Waals surface area (Å²) in [4.78, 5) is 11.9. The standard InChI is InChI=1S/C19H28.C19H22.C14H18O2.C13H24.C13H18.C7H8.12C2H6.CH4/c2*1-15-7-9-17(10-8-15)19-13-11-18(12-14-19)16-5-3-2-4-6-16;1-11-7-9-12(10-8-11)14(15)16-13-5-3-2-4-6-13;2*1-11-7-9-13(10-8-11)12-5-3-2-4-6-12;1-7-5-3-2-4-6-7;12*1-2;/h2-6,15,17-19H,7-14H2,1H3;2-6,11-15,17H,7-10H2,1H3;2-6,11-12H,7-10H2,1H3;11-13H,2-10H2,1H3;2-6,11,13H,7-10H2,1H3;2-6H,1H3;12*1-2H3;1H4. The fraction of sp³-hybridized carbons (Fsp3) is 0.664. The van der Waals surface area contributed by atoms with E-state index in [-0.39, 0.29) is 19.3 Å². The molecule has 7 aliphatic rings. The van der Waals surface area contributed by atoms with Gasteiger partial charge in [0.25, 0.3) is 0 Å². The minimum Gasteiger partial charge on any atom is -0.426 e. The number of esters is 1. The molecule has 7 aliphatic carbocycles. The second kappa shape index (κ2) is 85.2. The lowest BCUT2D eigenvalue weighted by molar-refractivity contribution is -0.140. The number of rotatable bonds is 8. The van der Waals surface area contributed by atoms with Crippen molar-refractivity contribution in [3.63, 3.8) is 0 Å². The summed E-state index contributed by atoms with van der Waals surface area (Å²) in [5.74, 6) is 12.2. The van der Waals surface area contributed by atoms with Crippen LogP contribution in [0.15, 0.2) is 176 Å². The van der Waals surface area contributed by atoms with E-state index in [1.54, 1.807) is 36.8 Å². The zero-order valence-corrected chi connectivity index (χ0v) is 79.6. The second-order valence-electron chi connectivity index (χ2n) is 29.1. The zero-order valence-electron chi connectivity index (χ0n) is 79.6. The van der Waals surface area contributed by atoms with Gasteiger partial charge in [-0.1, -0.05) is 461 Å². The van der Waals surface area contributed by atoms with Crippen LogP contribution in [0.5, 0.6) is 5.75 Å². The SMILES string of the molecule is C.CC.CC.CC.CC.CC.CC.CC.CC.CC.CC.CC.CC.CC1CCC(C(=O)Oc2ccccc2)CC1.CC1CCC(C2CCC(c3ccccc3)CC2)CC1.CC1CCC(C2CCCCC2)CC1.CC1CCC(c2ccc(-c3ccccc3)cc2)CC1.CC1CCC(c2ccccc2)CC1.Cc1ccccc1. The molecule has 0 radical (unpaired) electrons. The van der Waals surface area contributed by atoms with Gasteiger partial charge in [0.1, 0.15) is 5.75 Å². The number of ether oxygens (including phenoxy) is 1. The van der Waals surface area contributed by atoms with Crippen molar-refractivity contribution in [2.75, 3.05) is 0 Å². The fourth-order valence-corrected chi connectivity index (χ4v) is 16.0. The first-order chi connectivity index (χ1) is 54.5. The number of para-hydroxylation sites is 1. The number of benzene rings is 6. The minimum absolute atomic E-state index is 0. The molecule has 0 atom stereocenters. The van der Waals surface area contributed by atoms with Crippen LogP contribution in [0, 0.1) is 66.1 Å². The summed E-state index contributed by atoms with van der Waals surface area (Å²) in [5.41, 5.74) is 8.63. The van der Waals surface area contributed by atoms with E-state index >= 15 is 0 Å². The molecule has 0 spiro atoms. The summed E-state index contributed by atoms with van der Waals surface area (Å²) in [6.07, 6.45) is 41.0. The van der Waals surface area contributed by atoms with E-state index in [1.165, 1.54) is 157 Å². The molecule has 2 nitrogen and oxygen atoms in total. The Hall–Kier alpha value is -5.21. The van der Waals surface area contributed by atoms with Crippen LogP contribution in [-0.4, -0.2) is 5.97 Å². The molecule has 0 aromatic heterocycles. The van der Waals surface area contributed by atoms with Gasteiger partial charge < -0.3 is 4.74 Å². The lowest BCUT2D eigenvalue weighted by Crippen LogP contribution is -2.24. The summed E-state index contributed by atoms with van der Waals surface area (Å²) < 4.78 is 5.35. The highest BCUT2D eigenvalue weighted by atomic mass is 16.5. The topological polar surface area (TPSA) is 26.3 Å². The Bertz CT molecular complexity index is 2670. The van der Waals surface area contributed by atoms with Crippen molar-refractivity contribution in [3.05, 3.63) is 198 Å². The smallest absolute Gasteiger partial charge is 0.314 e. The average Bonchev–Trinajstić information content (AvgIpc) is 0.850. The summed E-state index contributed by atoms with van der Waals surface area (Å²) >= 11 is 0. The molecule has 7 fully saturated rings. The van der Waals surface area contributed by atoms with Crippen LogP contribution >= 0.6 is 0 Å². The van der Waals surface area contributed by atoms with Crippen molar-refractivity contribution < 1.29 is 9.53 Å². The van der Waals surface area contributed by atoms with E-state index in [2.05, 4.69) is 169 Å². The van der Waals surface area contributed by atoms with Gasteiger partial charge in [-0.2, -0.15) is 0 Å².